The molecule has 38 heavy (non-hydrogen) atoms. The Morgan fingerprint density at radius 3 is 2.11 bits per heavy atom. The number of halogens is 2. The number of carbonyl (C=O) groups excluding carboxylic acids is 2. The molecular weight excluding hydrogens is 486 g/mol. The minimum absolute atomic E-state index is 0.0664. The predicted molar refractivity (Wildman–Crippen MR) is 141 cm³/mol. The van der Waals surface area contributed by atoms with E-state index in [9.17, 15) is 18.4 Å². The lowest BCUT2D eigenvalue weighted by Crippen LogP contribution is -2.15. The quantitative estimate of drug-likeness (QED) is 0.248. The fraction of sp³-hybridized carbons (Fsp3) is 0. The van der Waals surface area contributed by atoms with Crippen LogP contribution in [-0.4, -0.2) is 16.7 Å². The number of nitrogens with one attached hydrogen (secondary N) is 1. The van der Waals surface area contributed by atoms with E-state index in [4.69, 9.17) is 4.42 Å². The average Bonchev–Trinajstić information content (AvgIpc) is 3.31. The lowest BCUT2D eigenvalue weighted by Gasteiger charge is -2.11. The summed E-state index contributed by atoms with van der Waals surface area (Å²) < 4.78 is 32.8. The molecule has 184 valence electrons. The molecule has 1 N–H and O–H groups in total. The number of aromatic nitrogens is 1. The van der Waals surface area contributed by atoms with E-state index in [-0.39, 0.29) is 22.8 Å². The molecule has 0 spiro atoms. The second-order valence-electron chi connectivity index (χ2n) is 8.67. The maximum atomic E-state index is 13.8. The van der Waals surface area contributed by atoms with E-state index in [0.29, 0.717) is 38.7 Å². The summed E-state index contributed by atoms with van der Waals surface area (Å²) in [7, 11) is 0. The Labute approximate surface area is 215 Å². The first-order chi connectivity index (χ1) is 18.5. The van der Waals surface area contributed by atoms with Crippen LogP contribution in [0, 0.1) is 11.6 Å². The Kier molecular flexibility index (Phi) is 5.73. The van der Waals surface area contributed by atoms with Crippen molar-refractivity contribution >= 4 is 39.2 Å². The van der Waals surface area contributed by atoms with Crippen molar-refractivity contribution in [1.29, 1.82) is 0 Å². The van der Waals surface area contributed by atoms with E-state index in [1.165, 1.54) is 36.4 Å². The molecule has 2 aromatic heterocycles. The van der Waals surface area contributed by atoms with Crippen LogP contribution in [-0.2, 0) is 0 Å². The highest BCUT2D eigenvalue weighted by atomic mass is 19.1. The summed E-state index contributed by atoms with van der Waals surface area (Å²) in [6.07, 6.45) is 0. The van der Waals surface area contributed by atoms with E-state index < -0.39 is 17.5 Å². The van der Waals surface area contributed by atoms with Gasteiger partial charge in [-0.15, -0.1) is 0 Å². The van der Waals surface area contributed by atoms with Gasteiger partial charge < -0.3 is 9.73 Å². The third kappa shape index (κ3) is 4.20. The van der Waals surface area contributed by atoms with Crippen LogP contribution in [0.2, 0.25) is 0 Å². The highest BCUT2D eigenvalue weighted by Gasteiger charge is 2.25. The second kappa shape index (κ2) is 9.37. The monoisotopic (exact) mass is 504 g/mol. The zero-order valence-electron chi connectivity index (χ0n) is 19.7. The van der Waals surface area contributed by atoms with Gasteiger partial charge in [-0.1, -0.05) is 30.3 Å². The Bertz CT molecular complexity index is 1840. The summed E-state index contributed by atoms with van der Waals surface area (Å²) in [5.74, 6) is -1.89. The molecule has 0 bridgehead atoms. The summed E-state index contributed by atoms with van der Waals surface area (Å²) in [6, 6.07) is 26.7. The highest BCUT2D eigenvalue weighted by Crippen LogP contribution is 2.34. The van der Waals surface area contributed by atoms with Crippen LogP contribution in [0.25, 0.3) is 33.1 Å². The van der Waals surface area contributed by atoms with E-state index in [2.05, 4.69) is 10.3 Å². The SMILES string of the molecule is O=C(c1ccc(F)cc1)c1oc2ccccc2c1NC(=O)c1cc(-c2ccc(F)cc2)nc2ccccc12. The van der Waals surface area contributed by atoms with Crippen LogP contribution in [0.5, 0.6) is 0 Å². The zero-order chi connectivity index (χ0) is 26.2. The van der Waals surface area contributed by atoms with Gasteiger partial charge in [-0.05, 0) is 72.8 Å². The van der Waals surface area contributed by atoms with E-state index in [1.807, 2.05) is 6.07 Å². The number of ketones is 1. The van der Waals surface area contributed by atoms with Gasteiger partial charge >= 0.3 is 0 Å². The smallest absolute Gasteiger partial charge is 0.256 e. The van der Waals surface area contributed by atoms with Crippen molar-refractivity contribution in [2.24, 2.45) is 0 Å². The van der Waals surface area contributed by atoms with Crippen molar-refractivity contribution < 1.29 is 22.8 Å². The molecule has 6 rings (SSSR count). The fourth-order valence-corrected chi connectivity index (χ4v) is 4.37. The van der Waals surface area contributed by atoms with Gasteiger partial charge in [-0.25, -0.2) is 13.8 Å². The van der Waals surface area contributed by atoms with Crippen LogP contribution >= 0.6 is 0 Å². The molecule has 0 aliphatic carbocycles. The fourth-order valence-electron chi connectivity index (χ4n) is 4.37. The topological polar surface area (TPSA) is 72.2 Å². The number of anilines is 1. The van der Waals surface area contributed by atoms with Gasteiger partial charge in [0.1, 0.15) is 17.2 Å². The Hall–Kier alpha value is -5.17. The highest BCUT2D eigenvalue weighted by molar-refractivity contribution is 6.21. The number of furan rings is 1. The molecule has 7 heteroatoms. The average molecular weight is 504 g/mol. The number of pyridine rings is 1. The molecule has 6 aromatic rings. The van der Waals surface area contributed by atoms with E-state index in [1.54, 1.807) is 60.7 Å². The number of nitrogens with zero attached hydrogens (tertiary/aromatic N) is 1. The third-order valence-corrected chi connectivity index (χ3v) is 6.25. The zero-order valence-corrected chi connectivity index (χ0v) is 19.7. The van der Waals surface area contributed by atoms with Gasteiger partial charge in [0.15, 0.2) is 5.76 Å². The molecule has 0 aliphatic heterocycles. The number of hydrogen-bond donors (Lipinski definition) is 1. The molecule has 1 amide bonds. The minimum atomic E-state index is -0.497. The summed E-state index contributed by atoms with van der Waals surface area (Å²) >= 11 is 0. The van der Waals surface area contributed by atoms with Crippen molar-refractivity contribution in [2.75, 3.05) is 5.32 Å². The maximum absolute atomic E-state index is 13.8. The standard InChI is InChI=1S/C31H18F2N2O3/c32-20-13-9-18(10-14-20)26-17-24(22-5-1-3-7-25(22)34-26)31(37)35-28-23-6-2-4-8-27(23)38-30(28)29(36)19-11-15-21(33)16-12-19/h1-17H,(H,35,37). The molecule has 0 radical (unpaired) electrons. The number of fused-ring (bicyclic) bond motifs is 2. The number of hydrogen-bond acceptors (Lipinski definition) is 4. The summed E-state index contributed by atoms with van der Waals surface area (Å²) in [5, 5.41) is 4.03. The summed E-state index contributed by atoms with van der Waals surface area (Å²) in [4.78, 5) is 31.8. The van der Waals surface area contributed by atoms with E-state index in [0.717, 1.165) is 0 Å². The molecule has 0 saturated carbocycles. The lowest BCUT2D eigenvalue weighted by atomic mass is 10.0. The normalized spacial score (nSPS) is 11.1. The second-order valence-corrected chi connectivity index (χ2v) is 8.67. The predicted octanol–water partition coefficient (Wildman–Crippen LogP) is 7.41. The molecule has 5 nitrogen and oxygen atoms in total. The largest absolute Gasteiger partial charge is 0.450 e. The molecule has 2 heterocycles. The van der Waals surface area contributed by atoms with Gasteiger partial charge in [-0.2, -0.15) is 0 Å². The van der Waals surface area contributed by atoms with Crippen LogP contribution in [0.3, 0.4) is 0 Å². The third-order valence-electron chi connectivity index (χ3n) is 6.25. The minimum Gasteiger partial charge on any atom is -0.450 e. The van der Waals surface area contributed by atoms with Crippen molar-refractivity contribution in [3.63, 3.8) is 0 Å². The van der Waals surface area contributed by atoms with Gasteiger partial charge in [0, 0.05) is 21.9 Å². The summed E-state index contributed by atoms with van der Waals surface area (Å²) in [5.41, 5.74) is 2.89. The molecule has 0 fully saturated rings. The number of para-hydroxylation sites is 2. The first kappa shape index (κ1) is 23.2. The van der Waals surface area contributed by atoms with Crippen molar-refractivity contribution in [1.82, 2.24) is 4.98 Å². The first-order valence-corrected chi connectivity index (χ1v) is 11.8. The van der Waals surface area contributed by atoms with Gasteiger partial charge in [0.05, 0.1) is 22.5 Å². The molecule has 0 aliphatic rings. The molecule has 4 aromatic carbocycles. The number of benzene rings is 4. The van der Waals surface area contributed by atoms with Gasteiger partial charge in [0.25, 0.3) is 5.91 Å². The molecular formula is C31H18F2N2O3. The van der Waals surface area contributed by atoms with Crippen molar-refractivity contribution in [3.05, 3.63) is 132 Å². The Balaban J connectivity index is 1.46. The number of carbonyl (C=O) groups is 2. The Morgan fingerprint density at radius 2 is 1.37 bits per heavy atom. The van der Waals surface area contributed by atoms with Gasteiger partial charge in [0.2, 0.25) is 5.78 Å². The van der Waals surface area contributed by atoms with Crippen LogP contribution in [0.4, 0.5) is 14.5 Å². The number of rotatable bonds is 5. The van der Waals surface area contributed by atoms with Crippen molar-refractivity contribution in [3.8, 4) is 11.3 Å². The maximum Gasteiger partial charge on any atom is 0.256 e. The lowest BCUT2D eigenvalue weighted by molar-refractivity contribution is 0.101. The van der Waals surface area contributed by atoms with E-state index >= 15 is 0 Å². The molecule has 0 unspecified atom stereocenters. The number of amides is 1. The van der Waals surface area contributed by atoms with Gasteiger partial charge in [-0.3, -0.25) is 9.59 Å². The van der Waals surface area contributed by atoms with Crippen LogP contribution in [0.15, 0.2) is 108 Å². The van der Waals surface area contributed by atoms with Crippen LogP contribution in [0.1, 0.15) is 26.5 Å². The van der Waals surface area contributed by atoms with Crippen LogP contribution < -0.4 is 5.32 Å². The molecule has 0 saturated heterocycles. The Morgan fingerprint density at radius 1 is 0.737 bits per heavy atom. The first-order valence-electron chi connectivity index (χ1n) is 11.8. The van der Waals surface area contributed by atoms with Crippen molar-refractivity contribution in [2.45, 2.75) is 0 Å². The molecule has 0 atom stereocenters. The summed E-state index contributed by atoms with van der Waals surface area (Å²) in [6.45, 7) is 0.